The van der Waals surface area contributed by atoms with Crippen molar-refractivity contribution in [1.29, 1.82) is 0 Å². The molecule has 1 aliphatic heterocycles. The predicted octanol–water partition coefficient (Wildman–Crippen LogP) is 1.24. The lowest BCUT2D eigenvalue weighted by molar-refractivity contribution is 0.156. The summed E-state index contributed by atoms with van der Waals surface area (Å²) in [4.78, 5) is 13.4. The molecule has 1 aliphatic rings. The molecule has 0 saturated carbocycles. The maximum absolute atomic E-state index is 13.2. The van der Waals surface area contributed by atoms with Gasteiger partial charge in [0, 0.05) is 19.6 Å². The van der Waals surface area contributed by atoms with E-state index in [1.807, 2.05) is 6.07 Å². The lowest BCUT2D eigenvalue weighted by Gasteiger charge is -2.36. The Kier molecular flexibility index (Phi) is 3.58. The van der Waals surface area contributed by atoms with Crippen LogP contribution in [0.15, 0.2) is 24.3 Å². The van der Waals surface area contributed by atoms with Crippen molar-refractivity contribution in [3.8, 4) is 0 Å². The van der Waals surface area contributed by atoms with Gasteiger partial charge in [-0.3, -0.25) is 0 Å². The van der Waals surface area contributed by atoms with Crippen LogP contribution in [0.2, 0.25) is 0 Å². The molecule has 1 saturated heterocycles. The number of hydrogen-bond donors (Lipinski definition) is 2. The van der Waals surface area contributed by atoms with E-state index in [1.54, 1.807) is 11.0 Å². The number of benzene rings is 1. The number of halogens is 1. The topological polar surface area (TPSA) is 58.4 Å². The summed E-state index contributed by atoms with van der Waals surface area (Å²) < 4.78 is 13.2. The molecule has 1 atom stereocenters. The standard InChI is InChI=1S/C12H16FN3O/c13-10-3-1-2-9(8-10)11-4-6-15-12(17)16(11)7-5-14/h1-3,8,11H,4-7,14H2,(H,15,17). The predicted molar refractivity (Wildman–Crippen MR) is 62.9 cm³/mol. The molecule has 4 nitrogen and oxygen atoms in total. The summed E-state index contributed by atoms with van der Waals surface area (Å²) in [5.41, 5.74) is 6.32. The Morgan fingerprint density at radius 3 is 3.06 bits per heavy atom. The highest BCUT2D eigenvalue weighted by atomic mass is 19.1. The van der Waals surface area contributed by atoms with Gasteiger partial charge in [0.2, 0.25) is 0 Å². The highest BCUT2D eigenvalue weighted by Crippen LogP contribution is 2.26. The minimum atomic E-state index is -0.277. The maximum Gasteiger partial charge on any atom is 0.317 e. The molecule has 1 aromatic carbocycles. The van der Waals surface area contributed by atoms with Gasteiger partial charge in [-0.2, -0.15) is 0 Å². The molecule has 0 spiro atoms. The molecule has 1 fully saturated rings. The smallest absolute Gasteiger partial charge is 0.317 e. The number of carbonyl (C=O) groups excluding carboxylic acids is 1. The molecule has 0 aliphatic carbocycles. The van der Waals surface area contributed by atoms with Gasteiger partial charge in [-0.15, -0.1) is 0 Å². The lowest BCUT2D eigenvalue weighted by atomic mass is 10.0. The highest BCUT2D eigenvalue weighted by molar-refractivity contribution is 5.75. The monoisotopic (exact) mass is 237 g/mol. The Hall–Kier alpha value is -1.62. The Balaban J connectivity index is 2.24. The van der Waals surface area contributed by atoms with Crippen LogP contribution < -0.4 is 11.1 Å². The first kappa shape index (κ1) is 11.9. The second-order valence-corrected chi connectivity index (χ2v) is 4.07. The van der Waals surface area contributed by atoms with Crippen LogP contribution in [0.3, 0.4) is 0 Å². The Morgan fingerprint density at radius 2 is 2.35 bits per heavy atom. The fourth-order valence-electron chi connectivity index (χ4n) is 2.17. The molecule has 1 heterocycles. The van der Waals surface area contributed by atoms with Crippen molar-refractivity contribution in [2.75, 3.05) is 19.6 Å². The molecule has 0 aromatic heterocycles. The number of nitrogens with one attached hydrogen (secondary N) is 1. The van der Waals surface area contributed by atoms with Gasteiger partial charge in [0.1, 0.15) is 5.82 Å². The summed E-state index contributed by atoms with van der Waals surface area (Å²) in [6, 6.07) is 6.18. The molecule has 92 valence electrons. The number of rotatable bonds is 3. The molecule has 5 heteroatoms. The van der Waals surface area contributed by atoms with E-state index in [2.05, 4.69) is 5.32 Å². The van der Waals surface area contributed by atoms with Crippen LogP contribution in [-0.4, -0.2) is 30.6 Å². The maximum atomic E-state index is 13.2. The SMILES string of the molecule is NCCN1C(=O)NCCC1c1cccc(F)c1. The van der Waals surface area contributed by atoms with E-state index in [4.69, 9.17) is 5.73 Å². The van der Waals surface area contributed by atoms with E-state index in [-0.39, 0.29) is 17.9 Å². The van der Waals surface area contributed by atoms with Crippen molar-refractivity contribution in [2.24, 2.45) is 5.73 Å². The minimum Gasteiger partial charge on any atom is -0.338 e. The zero-order chi connectivity index (χ0) is 12.3. The molecule has 1 unspecified atom stereocenters. The molecule has 2 rings (SSSR count). The van der Waals surface area contributed by atoms with E-state index < -0.39 is 0 Å². The molecule has 0 bridgehead atoms. The lowest BCUT2D eigenvalue weighted by Crippen LogP contribution is -2.49. The summed E-state index contributed by atoms with van der Waals surface area (Å²) in [6.07, 6.45) is 0.773. The third-order valence-corrected chi connectivity index (χ3v) is 2.93. The van der Waals surface area contributed by atoms with Crippen molar-refractivity contribution in [1.82, 2.24) is 10.2 Å². The van der Waals surface area contributed by atoms with Gasteiger partial charge in [0.15, 0.2) is 0 Å². The largest absolute Gasteiger partial charge is 0.338 e. The summed E-state index contributed by atoms with van der Waals surface area (Å²) in [5, 5.41) is 2.77. The molecule has 3 N–H and O–H groups in total. The molecular formula is C12H16FN3O. The third-order valence-electron chi connectivity index (χ3n) is 2.93. The summed E-state index contributed by atoms with van der Waals surface area (Å²) in [6.45, 7) is 1.49. The molecule has 2 amide bonds. The van der Waals surface area contributed by atoms with Gasteiger partial charge in [0.05, 0.1) is 6.04 Å². The van der Waals surface area contributed by atoms with Crippen molar-refractivity contribution in [2.45, 2.75) is 12.5 Å². The summed E-state index contributed by atoms with van der Waals surface area (Å²) in [7, 11) is 0. The van der Waals surface area contributed by atoms with Gasteiger partial charge in [-0.1, -0.05) is 12.1 Å². The van der Waals surface area contributed by atoms with Crippen LogP contribution in [0.1, 0.15) is 18.0 Å². The van der Waals surface area contributed by atoms with Crippen molar-refractivity contribution in [3.05, 3.63) is 35.6 Å². The molecule has 0 radical (unpaired) electrons. The van der Waals surface area contributed by atoms with Crippen molar-refractivity contribution < 1.29 is 9.18 Å². The quantitative estimate of drug-likeness (QED) is 0.831. The van der Waals surface area contributed by atoms with Crippen LogP contribution >= 0.6 is 0 Å². The molecule has 17 heavy (non-hydrogen) atoms. The Bertz CT molecular complexity index is 410. The van der Waals surface area contributed by atoms with Crippen molar-refractivity contribution >= 4 is 6.03 Å². The van der Waals surface area contributed by atoms with Gasteiger partial charge in [-0.05, 0) is 24.1 Å². The second kappa shape index (κ2) is 5.14. The summed E-state index contributed by atoms with van der Waals surface area (Å²) in [5.74, 6) is -0.277. The number of hydrogen-bond acceptors (Lipinski definition) is 2. The van der Waals surface area contributed by atoms with Gasteiger partial charge in [0.25, 0.3) is 0 Å². The van der Waals surface area contributed by atoms with Gasteiger partial charge in [-0.25, -0.2) is 9.18 Å². The number of amides is 2. The van der Waals surface area contributed by atoms with E-state index in [0.717, 1.165) is 12.0 Å². The molecular weight excluding hydrogens is 221 g/mol. The van der Waals surface area contributed by atoms with Gasteiger partial charge < -0.3 is 16.0 Å². The van der Waals surface area contributed by atoms with Crippen LogP contribution in [-0.2, 0) is 0 Å². The minimum absolute atomic E-state index is 0.0806. The normalized spacial score (nSPS) is 20.2. The van der Waals surface area contributed by atoms with Crippen LogP contribution in [0.4, 0.5) is 9.18 Å². The van der Waals surface area contributed by atoms with Crippen LogP contribution in [0.5, 0.6) is 0 Å². The highest BCUT2D eigenvalue weighted by Gasteiger charge is 2.28. The zero-order valence-electron chi connectivity index (χ0n) is 9.53. The first-order chi connectivity index (χ1) is 8.22. The number of carbonyl (C=O) groups is 1. The second-order valence-electron chi connectivity index (χ2n) is 4.07. The summed E-state index contributed by atoms with van der Waals surface area (Å²) >= 11 is 0. The van der Waals surface area contributed by atoms with Crippen LogP contribution in [0, 0.1) is 5.82 Å². The average molecular weight is 237 g/mol. The van der Waals surface area contributed by atoms with Crippen molar-refractivity contribution in [3.63, 3.8) is 0 Å². The number of nitrogens with two attached hydrogens (primary N) is 1. The van der Waals surface area contributed by atoms with Crippen LogP contribution in [0.25, 0.3) is 0 Å². The fraction of sp³-hybridized carbons (Fsp3) is 0.417. The Morgan fingerprint density at radius 1 is 1.53 bits per heavy atom. The van der Waals surface area contributed by atoms with Gasteiger partial charge >= 0.3 is 6.03 Å². The average Bonchev–Trinajstić information content (AvgIpc) is 2.32. The van der Waals surface area contributed by atoms with E-state index in [0.29, 0.717) is 19.6 Å². The first-order valence-corrected chi connectivity index (χ1v) is 5.72. The number of nitrogens with zero attached hydrogens (tertiary/aromatic N) is 1. The molecule has 1 aromatic rings. The Labute approximate surface area is 99.6 Å². The zero-order valence-corrected chi connectivity index (χ0v) is 9.53. The first-order valence-electron chi connectivity index (χ1n) is 5.72. The number of urea groups is 1. The fourth-order valence-corrected chi connectivity index (χ4v) is 2.17. The van der Waals surface area contributed by atoms with E-state index in [1.165, 1.54) is 12.1 Å². The third kappa shape index (κ3) is 2.55. The van der Waals surface area contributed by atoms with E-state index >= 15 is 0 Å². The van der Waals surface area contributed by atoms with E-state index in [9.17, 15) is 9.18 Å².